The van der Waals surface area contributed by atoms with Gasteiger partial charge in [0, 0.05) is 22.9 Å². The normalized spacial score (nSPS) is 14.4. The van der Waals surface area contributed by atoms with Crippen molar-refractivity contribution in [3.05, 3.63) is 118 Å². The Bertz CT molecular complexity index is 1770. The molecule has 1 aromatic heterocycles. The minimum absolute atomic E-state index is 0.0419. The first kappa shape index (κ1) is 29.3. The van der Waals surface area contributed by atoms with E-state index in [0.717, 1.165) is 51.4 Å². The average molecular weight is 571 g/mol. The van der Waals surface area contributed by atoms with E-state index in [2.05, 4.69) is 6.92 Å². The third-order valence-electron chi connectivity index (χ3n) is 7.57. The highest BCUT2D eigenvalue weighted by Gasteiger charge is 2.35. The predicted molar refractivity (Wildman–Crippen MR) is 167 cm³/mol. The van der Waals surface area contributed by atoms with Gasteiger partial charge in [0.15, 0.2) is 0 Å². The molecule has 0 atom stereocenters. The summed E-state index contributed by atoms with van der Waals surface area (Å²) in [6.07, 6.45) is 5.65. The Hall–Kier alpha value is -5.22. The van der Waals surface area contributed by atoms with Crippen molar-refractivity contribution in [3.8, 4) is 28.8 Å². The van der Waals surface area contributed by atoms with Crippen molar-refractivity contribution in [2.45, 2.75) is 47.1 Å². The van der Waals surface area contributed by atoms with Crippen LogP contribution in [0.15, 0.2) is 95.7 Å². The van der Waals surface area contributed by atoms with Gasteiger partial charge in [-0.25, -0.2) is 4.68 Å². The molecule has 0 saturated carbocycles. The summed E-state index contributed by atoms with van der Waals surface area (Å²) in [6.45, 7) is 8.49. The molecule has 0 spiro atoms. The molecule has 3 aromatic carbocycles. The quantitative estimate of drug-likeness (QED) is 0.121. The molecule has 0 aliphatic carbocycles. The summed E-state index contributed by atoms with van der Waals surface area (Å²) in [4.78, 5) is 28.3. The summed E-state index contributed by atoms with van der Waals surface area (Å²) < 4.78 is 7.69. The van der Waals surface area contributed by atoms with E-state index >= 15 is 0 Å². The lowest BCUT2D eigenvalue weighted by atomic mass is 9.92. The third kappa shape index (κ3) is 6.19. The van der Waals surface area contributed by atoms with Gasteiger partial charge in [-0.05, 0) is 80.3 Å². The van der Waals surface area contributed by atoms with Crippen molar-refractivity contribution >= 4 is 17.9 Å². The predicted octanol–water partition coefficient (Wildman–Crippen LogP) is 7.13. The molecule has 0 bridgehead atoms. The smallest absolute Gasteiger partial charge is 0.271 e. The number of hydrogen-bond acceptors (Lipinski definition) is 5. The first-order valence-electron chi connectivity index (χ1n) is 14.4. The Morgan fingerprint density at radius 1 is 0.953 bits per heavy atom. The van der Waals surface area contributed by atoms with Gasteiger partial charge in [0.2, 0.25) is 0 Å². The number of hydrogen-bond donors (Lipinski definition) is 0. The maximum Gasteiger partial charge on any atom is 0.271 e. The van der Waals surface area contributed by atoms with E-state index in [-0.39, 0.29) is 17.7 Å². The van der Waals surface area contributed by atoms with E-state index in [4.69, 9.17) is 9.84 Å². The number of rotatable bonds is 9. The molecule has 7 heteroatoms. The maximum absolute atomic E-state index is 13.9. The lowest BCUT2D eigenvalue weighted by Crippen LogP contribution is -2.42. The van der Waals surface area contributed by atoms with Crippen LogP contribution < -0.4 is 4.74 Å². The van der Waals surface area contributed by atoms with Gasteiger partial charge in [-0.15, -0.1) is 0 Å². The van der Waals surface area contributed by atoms with E-state index in [1.807, 2.05) is 98.9 Å². The van der Waals surface area contributed by atoms with Crippen LogP contribution in [0.2, 0.25) is 0 Å². The molecule has 0 saturated heterocycles. The number of nitriles is 1. The van der Waals surface area contributed by atoms with Crippen LogP contribution in [0, 0.1) is 25.2 Å². The third-order valence-corrected chi connectivity index (χ3v) is 7.57. The van der Waals surface area contributed by atoms with Crippen molar-refractivity contribution in [1.82, 2.24) is 14.7 Å². The average Bonchev–Trinajstić information content (AvgIpc) is 3.43. The fourth-order valence-electron chi connectivity index (χ4n) is 5.05. The summed E-state index contributed by atoms with van der Waals surface area (Å²) >= 11 is 0. The highest BCUT2D eigenvalue weighted by molar-refractivity contribution is 6.19. The number of carbonyl (C=O) groups is 2. The monoisotopic (exact) mass is 570 g/mol. The molecule has 216 valence electrons. The van der Waals surface area contributed by atoms with Gasteiger partial charge in [0.1, 0.15) is 23.1 Å². The van der Waals surface area contributed by atoms with Crippen LogP contribution in [0.5, 0.6) is 5.75 Å². The van der Waals surface area contributed by atoms with Gasteiger partial charge in [0.05, 0.1) is 18.8 Å². The van der Waals surface area contributed by atoms with Gasteiger partial charge >= 0.3 is 0 Å². The van der Waals surface area contributed by atoms with Crippen LogP contribution in [0.4, 0.5) is 0 Å². The van der Waals surface area contributed by atoms with Gasteiger partial charge < -0.3 is 4.74 Å². The summed E-state index contributed by atoms with van der Waals surface area (Å²) in [7, 11) is 0. The van der Waals surface area contributed by atoms with Gasteiger partial charge in [-0.3, -0.25) is 14.5 Å². The number of aromatic nitrogens is 2. The topological polar surface area (TPSA) is 88.2 Å². The molecule has 0 radical (unpaired) electrons. The Balaban J connectivity index is 1.61. The number of amides is 2. The van der Waals surface area contributed by atoms with Crippen LogP contribution in [0.25, 0.3) is 23.0 Å². The van der Waals surface area contributed by atoms with Gasteiger partial charge in [-0.2, -0.15) is 10.4 Å². The number of imide groups is 1. The molecule has 0 unspecified atom stereocenters. The molecule has 4 aromatic rings. The Morgan fingerprint density at radius 2 is 1.70 bits per heavy atom. The fourth-order valence-corrected chi connectivity index (χ4v) is 5.05. The standard InChI is InChI=1S/C36H34N4O3/c1-5-6-18-43-30-16-17-31(25(3)19-30)34-28(23-40(38-34)29-10-8-7-9-11-29)20-32-26(4)33(21-37)36(42)39(35(32)41)22-27-14-12-24(2)13-15-27/h7-17,19-20,23H,5-6,18,22H2,1-4H3/b32-20+. The van der Waals surface area contributed by atoms with Gasteiger partial charge in [0.25, 0.3) is 11.8 Å². The van der Waals surface area contributed by atoms with Crippen LogP contribution in [-0.4, -0.2) is 33.1 Å². The van der Waals surface area contributed by atoms with Gasteiger partial charge in [-0.1, -0.05) is 61.4 Å². The van der Waals surface area contributed by atoms with Crippen LogP contribution in [-0.2, 0) is 16.1 Å². The van der Waals surface area contributed by atoms with E-state index in [9.17, 15) is 14.9 Å². The molecular weight excluding hydrogens is 536 g/mol. The molecular formula is C36H34N4O3. The second-order valence-electron chi connectivity index (χ2n) is 10.7. The van der Waals surface area contributed by atoms with Crippen molar-refractivity contribution < 1.29 is 14.3 Å². The zero-order chi connectivity index (χ0) is 30.5. The first-order valence-corrected chi connectivity index (χ1v) is 14.4. The molecule has 0 N–H and O–H groups in total. The molecule has 2 amide bonds. The second-order valence-corrected chi connectivity index (χ2v) is 10.7. The number of ether oxygens (including phenoxy) is 1. The highest BCUT2D eigenvalue weighted by atomic mass is 16.5. The van der Waals surface area contributed by atoms with E-state index in [0.29, 0.717) is 23.4 Å². The zero-order valence-corrected chi connectivity index (χ0v) is 24.9. The number of unbranched alkanes of at least 4 members (excludes halogenated alkanes) is 1. The highest BCUT2D eigenvalue weighted by Crippen LogP contribution is 2.34. The molecule has 0 fully saturated rings. The van der Waals surface area contributed by atoms with Crippen LogP contribution in [0.3, 0.4) is 0 Å². The minimum Gasteiger partial charge on any atom is -0.494 e. The Kier molecular flexibility index (Phi) is 8.68. The molecule has 1 aliphatic rings. The van der Waals surface area contributed by atoms with Crippen molar-refractivity contribution in [1.29, 1.82) is 5.26 Å². The number of para-hydroxylation sites is 1. The van der Waals surface area contributed by atoms with Crippen molar-refractivity contribution in [2.75, 3.05) is 6.61 Å². The summed E-state index contributed by atoms with van der Waals surface area (Å²) in [5.74, 6) is -0.239. The molecule has 43 heavy (non-hydrogen) atoms. The second kappa shape index (κ2) is 12.7. The number of aryl methyl sites for hydroxylation is 2. The maximum atomic E-state index is 13.9. The van der Waals surface area contributed by atoms with E-state index < -0.39 is 11.8 Å². The molecule has 7 nitrogen and oxygen atoms in total. The van der Waals surface area contributed by atoms with Crippen LogP contribution in [0.1, 0.15) is 48.9 Å². The molecule has 2 heterocycles. The van der Waals surface area contributed by atoms with E-state index in [1.54, 1.807) is 17.7 Å². The van der Waals surface area contributed by atoms with E-state index in [1.165, 1.54) is 0 Å². The Morgan fingerprint density at radius 3 is 2.37 bits per heavy atom. The zero-order valence-electron chi connectivity index (χ0n) is 24.9. The molecule has 1 aliphatic heterocycles. The fraction of sp³-hybridized carbons (Fsp3) is 0.222. The summed E-state index contributed by atoms with van der Waals surface area (Å²) in [5, 5.41) is 14.9. The number of benzene rings is 3. The summed E-state index contributed by atoms with van der Waals surface area (Å²) in [6, 6.07) is 25.3. The number of nitrogens with zero attached hydrogens (tertiary/aromatic N) is 4. The van der Waals surface area contributed by atoms with Crippen LogP contribution >= 0.6 is 0 Å². The molecule has 5 rings (SSSR count). The SMILES string of the molecule is CCCCOc1ccc(-c2nn(-c3ccccc3)cc2/C=C2/C(=O)N(Cc3ccc(C)cc3)C(=O)C(C#N)=C2C)c(C)c1. The Labute approximate surface area is 252 Å². The lowest BCUT2D eigenvalue weighted by Gasteiger charge is -2.27. The number of carbonyl (C=O) groups excluding carboxylic acids is 2. The summed E-state index contributed by atoms with van der Waals surface area (Å²) in [5.41, 5.74) is 6.57. The first-order chi connectivity index (χ1) is 20.8. The minimum atomic E-state index is -0.586. The van der Waals surface area contributed by atoms with Crippen molar-refractivity contribution in [2.24, 2.45) is 0 Å². The lowest BCUT2D eigenvalue weighted by molar-refractivity contribution is -0.141. The largest absolute Gasteiger partial charge is 0.494 e. The van der Waals surface area contributed by atoms with Crippen molar-refractivity contribution in [3.63, 3.8) is 0 Å².